The zero-order chi connectivity index (χ0) is 21.1. The van der Waals surface area contributed by atoms with Gasteiger partial charge in [0, 0.05) is 38.3 Å². The molecule has 1 aliphatic carbocycles. The van der Waals surface area contributed by atoms with E-state index in [1.54, 1.807) is 24.3 Å². The van der Waals surface area contributed by atoms with Gasteiger partial charge in [0.05, 0.1) is 9.79 Å². The van der Waals surface area contributed by atoms with E-state index < -0.39 is 9.84 Å². The topological polar surface area (TPSA) is 40.6 Å². The molecule has 4 nitrogen and oxygen atoms in total. The molecule has 2 aliphatic rings. The molecule has 1 saturated heterocycles. The number of nitrogens with zero attached hydrogens (tertiary/aromatic N) is 2. The summed E-state index contributed by atoms with van der Waals surface area (Å²) in [5.74, 6) is 0. The van der Waals surface area contributed by atoms with Gasteiger partial charge in [0.15, 0.2) is 0 Å². The molecule has 0 radical (unpaired) electrons. The summed E-state index contributed by atoms with van der Waals surface area (Å²) in [7, 11) is -3.46. The lowest BCUT2D eigenvalue weighted by molar-refractivity contribution is 0.0602. The highest BCUT2D eigenvalue weighted by Crippen LogP contribution is 2.28. The molecule has 0 aromatic heterocycles. The molecule has 30 heavy (non-hydrogen) atoms. The van der Waals surface area contributed by atoms with E-state index in [9.17, 15) is 8.42 Å². The zero-order valence-corrected chi connectivity index (χ0v) is 19.1. The van der Waals surface area contributed by atoms with E-state index in [-0.39, 0.29) is 0 Å². The zero-order valence-electron chi connectivity index (χ0n) is 18.3. The molecule has 4 rings (SSSR count). The lowest BCUT2D eigenvalue weighted by Crippen LogP contribution is -2.51. The maximum Gasteiger partial charge on any atom is 0.206 e. The molecular weight excluding hydrogens is 392 g/mol. The van der Waals surface area contributed by atoms with Crippen molar-refractivity contribution < 1.29 is 8.42 Å². The smallest absolute Gasteiger partial charge is 0.206 e. The molecule has 1 unspecified atom stereocenters. The Morgan fingerprint density at radius 3 is 1.90 bits per heavy atom. The van der Waals surface area contributed by atoms with Gasteiger partial charge in [0.2, 0.25) is 9.84 Å². The minimum atomic E-state index is -3.46. The van der Waals surface area contributed by atoms with Crippen molar-refractivity contribution in [2.45, 2.75) is 67.8 Å². The summed E-state index contributed by atoms with van der Waals surface area (Å²) < 4.78 is 25.8. The second-order valence-electron chi connectivity index (χ2n) is 8.93. The van der Waals surface area contributed by atoms with Crippen LogP contribution in [0.2, 0.25) is 0 Å². The Morgan fingerprint density at radius 1 is 0.800 bits per heavy atom. The van der Waals surface area contributed by atoms with Gasteiger partial charge in [-0.2, -0.15) is 0 Å². The minimum Gasteiger partial charge on any atom is -0.298 e. The number of rotatable bonds is 5. The SMILES string of the molecule is Cc1ccc(S(=O)(=O)c2ccc(C(C)N3CCN(C4CCCCC4)CC3)cc2)cc1. The van der Waals surface area contributed by atoms with Crippen LogP contribution in [-0.2, 0) is 9.84 Å². The molecule has 2 aromatic rings. The van der Waals surface area contributed by atoms with Crippen LogP contribution in [0, 0.1) is 6.92 Å². The Balaban J connectivity index is 1.39. The fraction of sp³-hybridized carbons (Fsp3) is 0.520. The first-order valence-corrected chi connectivity index (χ1v) is 12.8. The van der Waals surface area contributed by atoms with Crippen LogP contribution < -0.4 is 0 Å². The Kier molecular flexibility index (Phi) is 6.61. The van der Waals surface area contributed by atoms with Crippen LogP contribution in [-0.4, -0.2) is 50.4 Å². The highest BCUT2D eigenvalue weighted by Gasteiger charge is 2.27. The number of hydrogen-bond acceptors (Lipinski definition) is 4. The van der Waals surface area contributed by atoms with E-state index in [1.807, 2.05) is 31.2 Å². The van der Waals surface area contributed by atoms with Crippen LogP contribution >= 0.6 is 0 Å². The predicted octanol–water partition coefficient (Wildman–Crippen LogP) is 4.84. The fourth-order valence-corrected chi connectivity index (χ4v) is 6.19. The molecule has 1 heterocycles. The molecule has 5 heteroatoms. The molecule has 2 aromatic carbocycles. The van der Waals surface area contributed by atoms with Gasteiger partial charge in [-0.1, -0.05) is 49.1 Å². The van der Waals surface area contributed by atoms with Gasteiger partial charge in [0.25, 0.3) is 0 Å². The average Bonchev–Trinajstić information content (AvgIpc) is 2.80. The Hall–Kier alpha value is -1.69. The quantitative estimate of drug-likeness (QED) is 0.686. The van der Waals surface area contributed by atoms with Crippen molar-refractivity contribution in [2.24, 2.45) is 0 Å². The van der Waals surface area contributed by atoms with E-state index in [0.29, 0.717) is 15.8 Å². The second kappa shape index (κ2) is 9.21. The summed E-state index contributed by atoms with van der Waals surface area (Å²) in [6.45, 7) is 8.66. The normalized spacial score (nSPS) is 20.9. The number of hydrogen-bond donors (Lipinski definition) is 0. The molecular formula is C25H34N2O2S. The third-order valence-electron chi connectivity index (χ3n) is 6.99. The first-order valence-electron chi connectivity index (χ1n) is 11.3. The molecule has 0 N–H and O–H groups in total. The summed E-state index contributed by atoms with van der Waals surface area (Å²) in [4.78, 5) is 5.94. The van der Waals surface area contributed by atoms with Crippen LogP contribution in [0.1, 0.15) is 56.2 Å². The van der Waals surface area contributed by atoms with Gasteiger partial charge in [-0.15, -0.1) is 0 Å². The summed E-state index contributed by atoms with van der Waals surface area (Å²) in [6.07, 6.45) is 6.92. The van der Waals surface area contributed by atoms with Crippen molar-refractivity contribution in [1.29, 1.82) is 0 Å². The number of aryl methyl sites for hydroxylation is 1. The number of benzene rings is 2. The minimum absolute atomic E-state index is 0.301. The third-order valence-corrected chi connectivity index (χ3v) is 8.78. The first-order chi connectivity index (χ1) is 14.4. The summed E-state index contributed by atoms with van der Waals surface area (Å²) in [5.41, 5.74) is 2.24. The van der Waals surface area contributed by atoms with Gasteiger partial charge in [-0.3, -0.25) is 9.80 Å². The Morgan fingerprint density at radius 2 is 1.33 bits per heavy atom. The van der Waals surface area contributed by atoms with Crippen LogP contribution in [0.3, 0.4) is 0 Å². The highest BCUT2D eigenvalue weighted by molar-refractivity contribution is 7.91. The average molecular weight is 427 g/mol. The molecule has 1 aliphatic heterocycles. The van der Waals surface area contributed by atoms with E-state index in [2.05, 4.69) is 16.7 Å². The standard InChI is InChI=1S/C25H34N2O2S/c1-20-8-12-24(13-9-20)30(28,29)25-14-10-22(11-15-25)21(2)26-16-18-27(19-17-26)23-6-4-3-5-7-23/h8-15,21,23H,3-7,16-19H2,1-2H3. The van der Waals surface area contributed by atoms with Crippen LogP contribution in [0.4, 0.5) is 0 Å². The lowest BCUT2D eigenvalue weighted by Gasteiger charge is -2.42. The van der Waals surface area contributed by atoms with Crippen molar-refractivity contribution in [3.63, 3.8) is 0 Å². The molecule has 1 atom stereocenters. The van der Waals surface area contributed by atoms with Gasteiger partial charge in [-0.05, 0) is 56.5 Å². The Labute approximate surface area is 181 Å². The lowest BCUT2D eigenvalue weighted by atomic mass is 9.93. The number of sulfone groups is 1. The van der Waals surface area contributed by atoms with Crippen LogP contribution in [0.5, 0.6) is 0 Å². The maximum absolute atomic E-state index is 12.9. The van der Waals surface area contributed by atoms with Crippen molar-refractivity contribution >= 4 is 9.84 Å². The monoisotopic (exact) mass is 426 g/mol. The second-order valence-corrected chi connectivity index (χ2v) is 10.9. The highest BCUT2D eigenvalue weighted by atomic mass is 32.2. The van der Waals surface area contributed by atoms with Crippen LogP contribution in [0.15, 0.2) is 58.3 Å². The molecule has 1 saturated carbocycles. The van der Waals surface area contributed by atoms with E-state index >= 15 is 0 Å². The summed E-state index contributed by atoms with van der Waals surface area (Å²) in [5, 5.41) is 0. The third kappa shape index (κ3) is 4.63. The summed E-state index contributed by atoms with van der Waals surface area (Å²) >= 11 is 0. The van der Waals surface area contributed by atoms with Crippen molar-refractivity contribution in [2.75, 3.05) is 26.2 Å². The molecule has 2 fully saturated rings. The first kappa shape index (κ1) is 21.5. The summed E-state index contributed by atoms with van der Waals surface area (Å²) in [6, 6.07) is 15.7. The molecule has 0 amide bonds. The van der Waals surface area contributed by atoms with Crippen molar-refractivity contribution in [3.8, 4) is 0 Å². The van der Waals surface area contributed by atoms with Crippen molar-refractivity contribution in [3.05, 3.63) is 59.7 Å². The van der Waals surface area contributed by atoms with E-state index in [0.717, 1.165) is 37.8 Å². The van der Waals surface area contributed by atoms with E-state index in [4.69, 9.17) is 0 Å². The Bertz CT molecular complexity index is 924. The van der Waals surface area contributed by atoms with E-state index in [1.165, 1.54) is 37.7 Å². The molecule has 0 bridgehead atoms. The van der Waals surface area contributed by atoms with Gasteiger partial charge >= 0.3 is 0 Å². The van der Waals surface area contributed by atoms with Crippen molar-refractivity contribution in [1.82, 2.24) is 9.80 Å². The maximum atomic E-state index is 12.9. The molecule has 162 valence electrons. The predicted molar refractivity (Wildman–Crippen MR) is 122 cm³/mol. The fourth-order valence-electron chi connectivity index (χ4n) is 4.93. The molecule has 0 spiro atoms. The van der Waals surface area contributed by atoms with Gasteiger partial charge < -0.3 is 0 Å². The largest absolute Gasteiger partial charge is 0.298 e. The van der Waals surface area contributed by atoms with Gasteiger partial charge in [-0.25, -0.2) is 8.42 Å². The van der Waals surface area contributed by atoms with Gasteiger partial charge in [0.1, 0.15) is 0 Å². The van der Waals surface area contributed by atoms with Crippen LogP contribution in [0.25, 0.3) is 0 Å². The number of piperazine rings is 1.